The molecular formula is C9H12N4O. The van der Waals surface area contributed by atoms with Gasteiger partial charge in [0.25, 0.3) is 0 Å². The van der Waals surface area contributed by atoms with Gasteiger partial charge in [0.2, 0.25) is 5.91 Å². The van der Waals surface area contributed by atoms with Crippen LogP contribution in [0.2, 0.25) is 0 Å². The lowest BCUT2D eigenvalue weighted by Gasteiger charge is -2.22. The summed E-state index contributed by atoms with van der Waals surface area (Å²) in [5, 5.41) is 2.70. The van der Waals surface area contributed by atoms with E-state index in [1.54, 1.807) is 6.92 Å². The van der Waals surface area contributed by atoms with Gasteiger partial charge in [0, 0.05) is 12.0 Å². The molecule has 0 saturated carbocycles. The van der Waals surface area contributed by atoms with Gasteiger partial charge in [0.05, 0.1) is 0 Å². The number of anilines is 2. The van der Waals surface area contributed by atoms with E-state index in [-0.39, 0.29) is 11.8 Å². The van der Waals surface area contributed by atoms with Crippen LogP contribution in [0.3, 0.4) is 0 Å². The molecule has 1 unspecified atom stereocenters. The average molecular weight is 192 g/mol. The van der Waals surface area contributed by atoms with Crippen molar-refractivity contribution in [2.24, 2.45) is 0 Å². The molecule has 0 radical (unpaired) electrons. The van der Waals surface area contributed by atoms with Gasteiger partial charge in [-0.1, -0.05) is 6.92 Å². The van der Waals surface area contributed by atoms with E-state index in [1.165, 1.54) is 0 Å². The monoisotopic (exact) mass is 192 g/mol. The average Bonchev–Trinajstić information content (AvgIpc) is 1.99. The lowest BCUT2D eigenvalue weighted by molar-refractivity contribution is -0.116. The fourth-order valence-corrected chi connectivity index (χ4v) is 1.75. The van der Waals surface area contributed by atoms with Gasteiger partial charge in [-0.15, -0.1) is 0 Å². The van der Waals surface area contributed by atoms with Crippen LogP contribution in [0.4, 0.5) is 11.6 Å². The summed E-state index contributed by atoms with van der Waals surface area (Å²) in [7, 11) is 0. The number of aromatic nitrogens is 2. The van der Waals surface area contributed by atoms with Crippen molar-refractivity contribution in [3.63, 3.8) is 0 Å². The second kappa shape index (κ2) is 2.94. The quantitative estimate of drug-likeness (QED) is 0.637. The molecule has 5 heteroatoms. The molecule has 1 aliphatic rings. The first-order valence-corrected chi connectivity index (χ1v) is 4.52. The van der Waals surface area contributed by atoms with Crippen molar-refractivity contribution >= 4 is 17.5 Å². The van der Waals surface area contributed by atoms with Crippen molar-refractivity contribution < 1.29 is 4.79 Å². The Labute approximate surface area is 81.7 Å². The third-order valence-corrected chi connectivity index (χ3v) is 2.33. The second-order valence-electron chi connectivity index (χ2n) is 3.57. The van der Waals surface area contributed by atoms with Gasteiger partial charge in [0.1, 0.15) is 17.5 Å². The van der Waals surface area contributed by atoms with Crippen LogP contribution in [0.25, 0.3) is 0 Å². The zero-order valence-electron chi connectivity index (χ0n) is 8.16. The molecule has 5 nitrogen and oxygen atoms in total. The molecule has 1 amide bonds. The van der Waals surface area contributed by atoms with E-state index in [4.69, 9.17) is 5.73 Å². The Bertz CT molecular complexity index is 402. The molecular weight excluding hydrogens is 180 g/mol. The summed E-state index contributed by atoms with van der Waals surface area (Å²) in [6.07, 6.45) is 0.448. The number of hydrogen-bond donors (Lipinski definition) is 2. The topological polar surface area (TPSA) is 80.9 Å². The first kappa shape index (κ1) is 8.93. The number of nitrogens with two attached hydrogens (primary N) is 1. The third kappa shape index (κ3) is 1.30. The van der Waals surface area contributed by atoms with Gasteiger partial charge in [-0.2, -0.15) is 0 Å². The minimum atomic E-state index is -0.0116. The fraction of sp³-hybridized carbons (Fsp3) is 0.444. The molecule has 1 atom stereocenters. The van der Waals surface area contributed by atoms with E-state index >= 15 is 0 Å². The number of carbonyl (C=O) groups excluding carboxylic acids is 1. The highest BCUT2D eigenvalue weighted by atomic mass is 16.1. The summed E-state index contributed by atoms with van der Waals surface area (Å²) in [5.41, 5.74) is 6.63. The van der Waals surface area contributed by atoms with Crippen LogP contribution < -0.4 is 11.1 Å². The Kier molecular flexibility index (Phi) is 1.87. The number of aryl methyl sites for hydroxylation is 1. The molecule has 2 heterocycles. The fourth-order valence-electron chi connectivity index (χ4n) is 1.75. The summed E-state index contributed by atoms with van der Waals surface area (Å²) in [4.78, 5) is 19.5. The van der Waals surface area contributed by atoms with Crippen molar-refractivity contribution in [1.29, 1.82) is 0 Å². The molecule has 0 spiro atoms. The van der Waals surface area contributed by atoms with Gasteiger partial charge in [-0.3, -0.25) is 4.79 Å². The Morgan fingerprint density at radius 2 is 2.21 bits per heavy atom. The van der Waals surface area contributed by atoms with E-state index in [0.717, 1.165) is 5.56 Å². The molecule has 1 aliphatic heterocycles. The summed E-state index contributed by atoms with van der Waals surface area (Å²) in [5.74, 6) is 1.70. The maximum absolute atomic E-state index is 11.2. The largest absolute Gasteiger partial charge is 0.383 e. The summed E-state index contributed by atoms with van der Waals surface area (Å²) in [6.45, 7) is 3.70. The zero-order chi connectivity index (χ0) is 10.3. The van der Waals surface area contributed by atoms with Crippen LogP contribution in [0, 0.1) is 6.92 Å². The maximum Gasteiger partial charge on any atom is 0.226 e. The van der Waals surface area contributed by atoms with E-state index in [1.807, 2.05) is 6.92 Å². The summed E-state index contributed by atoms with van der Waals surface area (Å²) >= 11 is 0. The second-order valence-corrected chi connectivity index (χ2v) is 3.57. The molecule has 1 aromatic heterocycles. The van der Waals surface area contributed by atoms with Crippen molar-refractivity contribution in [2.45, 2.75) is 26.2 Å². The zero-order valence-corrected chi connectivity index (χ0v) is 8.16. The molecule has 0 aromatic carbocycles. The number of nitrogens with zero attached hydrogens (tertiary/aromatic N) is 2. The Balaban J connectivity index is 2.58. The molecule has 0 aliphatic carbocycles. The first-order valence-electron chi connectivity index (χ1n) is 4.52. The maximum atomic E-state index is 11.2. The van der Waals surface area contributed by atoms with Crippen molar-refractivity contribution in [2.75, 3.05) is 11.1 Å². The summed E-state index contributed by atoms with van der Waals surface area (Å²) in [6, 6.07) is 0. The van der Waals surface area contributed by atoms with E-state index in [0.29, 0.717) is 23.9 Å². The van der Waals surface area contributed by atoms with Gasteiger partial charge < -0.3 is 11.1 Å². The Morgan fingerprint density at radius 1 is 1.50 bits per heavy atom. The molecule has 14 heavy (non-hydrogen) atoms. The predicted octanol–water partition coefficient (Wildman–Crippen LogP) is 0.813. The normalized spacial score (nSPS) is 20.1. The predicted molar refractivity (Wildman–Crippen MR) is 52.8 cm³/mol. The number of rotatable bonds is 0. The van der Waals surface area contributed by atoms with Crippen LogP contribution in [0.1, 0.15) is 30.7 Å². The highest BCUT2D eigenvalue weighted by molar-refractivity contribution is 5.94. The van der Waals surface area contributed by atoms with Gasteiger partial charge in [0.15, 0.2) is 0 Å². The minimum absolute atomic E-state index is 0.0116. The van der Waals surface area contributed by atoms with Crippen molar-refractivity contribution in [3.05, 3.63) is 11.4 Å². The number of fused-ring (bicyclic) bond motifs is 1. The van der Waals surface area contributed by atoms with Crippen LogP contribution in [0.15, 0.2) is 0 Å². The lowest BCUT2D eigenvalue weighted by Crippen LogP contribution is -2.24. The Hall–Kier alpha value is -1.65. The van der Waals surface area contributed by atoms with Gasteiger partial charge in [-0.05, 0) is 12.8 Å². The molecule has 0 bridgehead atoms. The van der Waals surface area contributed by atoms with Gasteiger partial charge >= 0.3 is 0 Å². The third-order valence-electron chi connectivity index (χ3n) is 2.33. The van der Waals surface area contributed by atoms with Crippen LogP contribution in [-0.4, -0.2) is 15.9 Å². The molecule has 0 saturated heterocycles. The van der Waals surface area contributed by atoms with E-state index in [9.17, 15) is 4.79 Å². The molecule has 2 rings (SSSR count). The minimum Gasteiger partial charge on any atom is -0.383 e. The number of nitrogens with one attached hydrogen (secondary N) is 1. The van der Waals surface area contributed by atoms with Crippen LogP contribution in [-0.2, 0) is 4.79 Å². The van der Waals surface area contributed by atoms with Crippen molar-refractivity contribution in [1.82, 2.24) is 9.97 Å². The highest BCUT2D eigenvalue weighted by Gasteiger charge is 2.25. The smallest absolute Gasteiger partial charge is 0.226 e. The van der Waals surface area contributed by atoms with Crippen molar-refractivity contribution in [3.8, 4) is 0 Å². The SMILES string of the molecule is Cc1nc(N)c2c(n1)NC(=O)CC2C. The standard InChI is InChI=1S/C9H12N4O/c1-4-3-6(14)13-9-7(4)8(10)11-5(2)12-9/h4H,3H2,1-2H3,(H3,10,11,12,13,14). The molecule has 0 fully saturated rings. The number of amides is 1. The lowest BCUT2D eigenvalue weighted by atomic mass is 9.95. The molecule has 3 N–H and O–H groups in total. The first-order chi connectivity index (χ1) is 6.58. The van der Waals surface area contributed by atoms with Crippen LogP contribution in [0.5, 0.6) is 0 Å². The Morgan fingerprint density at radius 3 is 2.93 bits per heavy atom. The molecule has 74 valence electrons. The van der Waals surface area contributed by atoms with Gasteiger partial charge in [-0.25, -0.2) is 9.97 Å². The summed E-state index contributed by atoms with van der Waals surface area (Å²) < 4.78 is 0. The van der Waals surface area contributed by atoms with Crippen LogP contribution >= 0.6 is 0 Å². The number of carbonyl (C=O) groups is 1. The number of hydrogen-bond acceptors (Lipinski definition) is 4. The number of nitrogen functional groups attached to an aromatic ring is 1. The van der Waals surface area contributed by atoms with E-state index in [2.05, 4.69) is 15.3 Å². The highest BCUT2D eigenvalue weighted by Crippen LogP contribution is 2.33. The molecule has 1 aromatic rings. The van der Waals surface area contributed by atoms with E-state index < -0.39 is 0 Å².